The Morgan fingerprint density at radius 3 is 2.35 bits per heavy atom. The van der Waals surface area contributed by atoms with Crippen LogP contribution >= 0.6 is 35.3 Å². The van der Waals surface area contributed by atoms with Gasteiger partial charge >= 0.3 is 0 Å². The molecule has 0 radical (unpaired) electrons. The number of aliphatic hydroxyl groups is 1. The van der Waals surface area contributed by atoms with Gasteiger partial charge < -0.3 is 42.2 Å². The number of likely N-dealkylation sites (tertiary alicyclic amines) is 1. The van der Waals surface area contributed by atoms with Crippen LogP contribution in [0.3, 0.4) is 0 Å². The van der Waals surface area contributed by atoms with Crippen molar-refractivity contribution in [3.05, 3.63) is 99.1 Å². The molecule has 16 nitrogen and oxygen atoms in total. The topological polar surface area (TPSA) is 239 Å². The number of benzene rings is 3. The number of nitrogens with zero attached hydrogens (tertiary/aromatic N) is 3. The minimum absolute atomic E-state index is 0. The highest BCUT2D eigenvalue weighted by atomic mass is 35.5. The van der Waals surface area contributed by atoms with Crippen LogP contribution in [0.25, 0.3) is 10.4 Å². The minimum atomic E-state index is -0.960. The summed E-state index contributed by atoms with van der Waals surface area (Å²) in [6.45, 7) is 9.31. The number of nitrogens with two attached hydrogens (primary N) is 2. The Labute approximate surface area is 430 Å². The Kier molecular flexibility index (Phi) is 18.3. The SMILES string of the molecule is Cc1ncsc1-c1ccc([C@H](C)NC(=O)[C@@H]2C[C@@H](O)CN2C(=O)[C@@H](NC(=O)CCCCc2cccc(OC[C@H](CCC(N)=O)NC(=O)[C@@H]3Cc4cccc5c4N3C(=O)[C@@H](N)CC5)c2Cl)C(C)(C)C)cc1.Cl. The first kappa shape index (κ1) is 54.7. The fourth-order valence-corrected chi connectivity index (χ4v) is 10.7. The summed E-state index contributed by atoms with van der Waals surface area (Å²) in [5, 5.41) is 20.0. The Morgan fingerprint density at radius 1 is 0.958 bits per heavy atom. The summed E-state index contributed by atoms with van der Waals surface area (Å²) < 4.78 is 6.17. The van der Waals surface area contributed by atoms with Crippen molar-refractivity contribution in [2.24, 2.45) is 16.9 Å². The average Bonchev–Trinajstić information content (AvgIpc) is 4.04. The van der Waals surface area contributed by atoms with E-state index in [9.17, 15) is 33.9 Å². The Hall–Kier alpha value is -5.59. The molecule has 1 fully saturated rings. The minimum Gasteiger partial charge on any atom is -0.490 e. The zero-order valence-electron chi connectivity index (χ0n) is 40.9. The van der Waals surface area contributed by atoms with Crippen molar-refractivity contribution in [2.45, 2.75) is 141 Å². The predicted molar refractivity (Wildman–Crippen MR) is 276 cm³/mol. The number of primary amides is 1. The van der Waals surface area contributed by atoms with E-state index in [2.05, 4.69) is 20.9 Å². The van der Waals surface area contributed by atoms with Crippen LogP contribution in [0.5, 0.6) is 5.75 Å². The molecular formula is C52H66Cl2N8O8S. The molecule has 1 saturated heterocycles. The number of hydrogen-bond acceptors (Lipinski definition) is 11. The smallest absolute Gasteiger partial charge is 0.246 e. The number of unbranched alkanes of at least 4 members (excludes halogenated alkanes) is 1. The highest BCUT2D eigenvalue weighted by Crippen LogP contribution is 2.39. The van der Waals surface area contributed by atoms with Crippen molar-refractivity contribution in [1.29, 1.82) is 0 Å². The van der Waals surface area contributed by atoms with E-state index in [0.29, 0.717) is 49.3 Å². The lowest BCUT2D eigenvalue weighted by Gasteiger charge is -2.35. The predicted octanol–water partition coefficient (Wildman–Crippen LogP) is 5.64. The number of aliphatic hydroxyl groups excluding tert-OH is 1. The van der Waals surface area contributed by atoms with E-state index < -0.39 is 59.4 Å². The highest BCUT2D eigenvalue weighted by molar-refractivity contribution is 7.13. The van der Waals surface area contributed by atoms with Gasteiger partial charge in [0.2, 0.25) is 35.4 Å². The second-order valence-electron chi connectivity index (χ2n) is 19.8. The molecule has 19 heteroatoms. The van der Waals surface area contributed by atoms with Crippen molar-refractivity contribution in [3.63, 3.8) is 0 Å². The van der Waals surface area contributed by atoms with Gasteiger partial charge in [-0.2, -0.15) is 0 Å². The third-order valence-corrected chi connectivity index (χ3v) is 14.9. The number of aromatic nitrogens is 1. The van der Waals surface area contributed by atoms with E-state index in [0.717, 1.165) is 44.1 Å². The maximum atomic E-state index is 14.2. The summed E-state index contributed by atoms with van der Waals surface area (Å²) in [6.07, 6.45) is 2.51. The zero-order chi connectivity index (χ0) is 50.4. The molecule has 0 bridgehead atoms. The third kappa shape index (κ3) is 13.1. The standard InChI is InChI=1S/C52H65ClN8O8S.ClH/c1-29(31-16-18-34(19-17-31)46-30(2)56-28-70-46)57-48(65)39-25-37(62)26-60(39)51(68)47(52(3,4)5)59-43(64)15-7-6-10-32-11-9-14-41(44(32)53)69-27-36(21-23-42(55)63)58-49(66)40-24-35-13-8-12-33-20-22-38(54)50(67)61(40)45(33)35;/h8-9,11-14,16-19,28-29,36-40,47,62H,6-7,10,15,20-27,54H2,1-5H3,(H2,55,63)(H,57,65)(H,58,66)(H,59,64);1H/t29-,36-,37+,38-,39-,40-,47+;/m0./s1. The van der Waals surface area contributed by atoms with E-state index in [1.54, 1.807) is 23.5 Å². The first-order valence-electron chi connectivity index (χ1n) is 24.1. The van der Waals surface area contributed by atoms with Crippen LogP contribution in [0.2, 0.25) is 5.02 Å². The number of amides is 6. The van der Waals surface area contributed by atoms with E-state index in [4.69, 9.17) is 27.8 Å². The Balaban J connectivity index is 0.00000825. The van der Waals surface area contributed by atoms with E-state index in [1.165, 1.54) is 9.80 Å². The lowest BCUT2D eigenvalue weighted by Crippen LogP contribution is -2.57. The quantitative estimate of drug-likeness (QED) is 0.0633. The summed E-state index contributed by atoms with van der Waals surface area (Å²) in [5.74, 6) is -1.99. The molecule has 4 heterocycles. The summed E-state index contributed by atoms with van der Waals surface area (Å²) in [4.78, 5) is 89.0. The normalized spacial score (nSPS) is 19.7. The van der Waals surface area contributed by atoms with Crippen LogP contribution in [-0.4, -0.2) is 99.9 Å². The first-order valence-corrected chi connectivity index (χ1v) is 25.3. The van der Waals surface area contributed by atoms with Gasteiger partial charge in [-0.1, -0.05) is 87.0 Å². The third-order valence-electron chi connectivity index (χ3n) is 13.5. The van der Waals surface area contributed by atoms with Gasteiger partial charge in [0.15, 0.2) is 0 Å². The number of aryl methyl sites for hydroxylation is 3. The van der Waals surface area contributed by atoms with Gasteiger partial charge in [-0.25, -0.2) is 4.98 Å². The van der Waals surface area contributed by atoms with Crippen molar-refractivity contribution >= 4 is 76.5 Å². The largest absolute Gasteiger partial charge is 0.490 e. The van der Waals surface area contributed by atoms with Crippen LogP contribution in [0.4, 0.5) is 5.69 Å². The van der Waals surface area contributed by atoms with Crippen LogP contribution in [-0.2, 0) is 48.0 Å². The van der Waals surface area contributed by atoms with Gasteiger partial charge in [-0.15, -0.1) is 23.7 Å². The molecule has 4 aromatic rings. The number of ether oxygens (including phenoxy) is 1. The molecule has 7 rings (SSSR count). The van der Waals surface area contributed by atoms with Crippen LogP contribution < -0.4 is 37.1 Å². The number of anilines is 1. The molecule has 0 aliphatic carbocycles. The fraction of sp³-hybridized carbons (Fsp3) is 0.481. The lowest BCUT2D eigenvalue weighted by molar-refractivity contribution is -0.144. The molecule has 1 aromatic heterocycles. The number of carbonyl (C=O) groups excluding carboxylic acids is 6. The van der Waals surface area contributed by atoms with Gasteiger partial charge in [-0.05, 0) is 91.7 Å². The van der Waals surface area contributed by atoms with Gasteiger partial charge in [0.1, 0.15) is 30.5 Å². The zero-order valence-corrected chi connectivity index (χ0v) is 43.3. The summed E-state index contributed by atoms with van der Waals surface area (Å²) in [6, 6.07) is 14.6. The molecule has 3 aliphatic rings. The molecule has 3 aliphatic heterocycles. The van der Waals surface area contributed by atoms with Crippen molar-refractivity contribution in [3.8, 4) is 16.2 Å². The number of nitrogens with one attached hydrogen (secondary N) is 3. The van der Waals surface area contributed by atoms with Crippen molar-refractivity contribution in [1.82, 2.24) is 25.8 Å². The lowest BCUT2D eigenvalue weighted by atomic mass is 9.85. The number of rotatable bonds is 19. The molecule has 0 saturated carbocycles. The fourth-order valence-electron chi connectivity index (χ4n) is 9.57. The summed E-state index contributed by atoms with van der Waals surface area (Å²) in [5.41, 5.74) is 19.1. The number of halogens is 2. The van der Waals surface area contributed by atoms with Gasteiger partial charge in [-0.3, -0.25) is 33.7 Å². The molecule has 8 N–H and O–H groups in total. The van der Waals surface area contributed by atoms with E-state index >= 15 is 0 Å². The van der Waals surface area contributed by atoms with Crippen molar-refractivity contribution < 1.29 is 38.6 Å². The second-order valence-corrected chi connectivity index (χ2v) is 21.1. The average molecular weight is 1030 g/mol. The number of β-amino-alcohol motifs (C(OH)–C–C–N with tert-alkyl or cyclic N) is 1. The van der Waals surface area contributed by atoms with Gasteiger partial charge in [0.05, 0.1) is 51.0 Å². The van der Waals surface area contributed by atoms with Crippen molar-refractivity contribution in [2.75, 3.05) is 18.1 Å². The number of thiazole rings is 1. The number of para-hydroxylation sites is 1. The molecule has 382 valence electrons. The molecule has 3 aromatic carbocycles. The Morgan fingerprint density at radius 2 is 1.66 bits per heavy atom. The second kappa shape index (κ2) is 23.8. The maximum Gasteiger partial charge on any atom is 0.246 e. The van der Waals surface area contributed by atoms with Crippen LogP contribution in [0.1, 0.15) is 107 Å². The van der Waals surface area contributed by atoms with Gasteiger partial charge in [0.25, 0.3) is 0 Å². The Bertz CT molecular complexity index is 2590. The van der Waals surface area contributed by atoms with E-state index in [-0.39, 0.29) is 75.0 Å². The van der Waals surface area contributed by atoms with Crippen LogP contribution in [0.15, 0.2) is 66.2 Å². The van der Waals surface area contributed by atoms with Gasteiger partial charge in [0, 0.05) is 32.2 Å². The number of hydrogen-bond donors (Lipinski definition) is 6. The number of carbonyl (C=O) groups is 6. The summed E-state index contributed by atoms with van der Waals surface area (Å²) >= 11 is 8.43. The molecule has 0 unspecified atom stereocenters. The molecular weight excluding hydrogens is 968 g/mol. The molecule has 0 spiro atoms. The monoisotopic (exact) mass is 1030 g/mol. The first-order chi connectivity index (χ1) is 33.3. The molecule has 6 amide bonds. The van der Waals surface area contributed by atoms with Crippen LogP contribution in [0, 0.1) is 12.3 Å². The highest BCUT2D eigenvalue weighted by Gasteiger charge is 2.45. The molecule has 71 heavy (non-hydrogen) atoms. The maximum absolute atomic E-state index is 14.2. The van der Waals surface area contributed by atoms with E-state index in [1.807, 2.05) is 88.7 Å². The summed E-state index contributed by atoms with van der Waals surface area (Å²) in [7, 11) is 0. The molecule has 7 atom stereocenters.